The van der Waals surface area contributed by atoms with E-state index in [1.54, 1.807) is 6.20 Å². The van der Waals surface area contributed by atoms with Crippen molar-refractivity contribution in [1.82, 2.24) is 20.1 Å². The fraction of sp³-hybridized carbons (Fsp3) is 0.409. The molecule has 1 saturated heterocycles. The number of anilines is 1. The Balaban J connectivity index is 1.42. The van der Waals surface area contributed by atoms with Crippen molar-refractivity contribution in [3.8, 4) is 11.3 Å². The van der Waals surface area contributed by atoms with Crippen molar-refractivity contribution < 1.29 is 4.79 Å². The van der Waals surface area contributed by atoms with Gasteiger partial charge in [-0.25, -0.2) is 0 Å². The molecule has 0 saturated carbocycles. The highest BCUT2D eigenvalue weighted by Crippen LogP contribution is 2.26. The molecule has 6 heteroatoms. The lowest BCUT2D eigenvalue weighted by Crippen LogP contribution is -2.34. The van der Waals surface area contributed by atoms with Gasteiger partial charge in [0.15, 0.2) is 5.82 Å². The Morgan fingerprint density at radius 2 is 2.04 bits per heavy atom. The molecule has 1 fully saturated rings. The summed E-state index contributed by atoms with van der Waals surface area (Å²) in [5.74, 6) is 0.563. The molecule has 0 spiro atoms. The van der Waals surface area contributed by atoms with Gasteiger partial charge >= 0.3 is 0 Å². The number of nitrogens with one attached hydrogen (secondary N) is 2. The van der Waals surface area contributed by atoms with E-state index in [4.69, 9.17) is 0 Å². The maximum atomic E-state index is 12.8. The highest BCUT2D eigenvalue weighted by Gasteiger charge is 2.29. The van der Waals surface area contributed by atoms with Gasteiger partial charge in [0, 0.05) is 28.6 Å². The van der Waals surface area contributed by atoms with E-state index in [1.165, 1.54) is 12.8 Å². The number of pyridine rings is 1. The highest BCUT2D eigenvalue weighted by atomic mass is 16.2. The molecule has 0 aliphatic carbocycles. The maximum Gasteiger partial charge on any atom is 0.231 e. The Bertz CT molecular complexity index is 972. The van der Waals surface area contributed by atoms with Gasteiger partial charge < -0.3 is 10.2 Å². The number of hydrogen-bond acceptors (Lipinski definition) is 4. The third-order valence-electron chi connectivity index (χ3n) is 5.60. The zero-order valence-electron chi connectivity index (χ0n) is 16.5. The summed E-state index contributed by atoms with van der Waals surface area (Å²) in [7, 11) is 0. The van der Waals surface area contributed by atoms with Crippen molar-refractivity contribution in [2.75, 3.05) is 25.0 Å². The van der Waals surface area contributed by atoms with Gasteiger partial charge in [0.05, 0.1) is 11.2 Å². The lowest BCUT2D eigenvalue weighted by atomic mass is 9.88. The number of H-pyrrole nitrogens is 1. The minimum Gasteiger partial charge on any atom is -0.309 e. The van der Waals surface area contributed by atoms with Crippen LogP contribution in [0.3, 0.4) is 0 Å². The van der Waals surface area contributed by atoms with E-state index in [9.17, 15) is 4.79 Å². The third kappa shape index (κ3) is 4.07. The van der Waals surface area contributed by atoms with Crippen LogP contribution in [0.15, 0.2) is 42.6 Å². The van der Waals surface area contributed by atoms with Crippen LogP contribution >= 0.6 is 0 Å². The Hall–Kier alpha value is -2.73. The first-order valence-electron chi connectivity index (χ1n) is 9.96. The number of aromatic nitrogens is 3. The average Bonchev–Trinajstić information content (AvgIpc) is 3.38. The van der Waals surface area contributed by atoms with Gasteiger partial charge in [-0.2, -0.15) is 5.10 Å². The number of hydrogen-bond donors (Lipinski definition) is 2. The van der Waals surface area contributed by atoms with Crippen molar-refractivity contribution in [1.29, 1.82) is 0 Å². The second kappa shape index (κ2) is 7.72. The molecule has 3 aromatic rings. The SMILES string of the molecule is CC(C)(CCN1CCCC1)C(=O)Nc1cc(-c2ccc3ncccc3c2)[nH]n1. The summed E-state index contributed by atoms with van der Waals surface area (Å²) in [4.78, 5) is 19.6. The minimum atomic E-state index is -0.434. The smallest absolute Gasteiger partial charge is 0.231 e. The molecule has 0 radical (unpaired) electrons. The Kier molecular flexibility index (Phi) is 5.13. The van der Waals surface area contributed by atoms with Crippen molar-refractivity contribution >= 4 is 22.6 Å². The van der Waals surface area contributed by atoms with E-state index in [1.807, 2.05) is 44.2 Å². The molecule has 6 nitrogen and oxygen atoms in total. The average molecular weight is 377 g/mol. The van der Waals surface area contributed by atoms with Crippen LogP contribution in [0.4, 0.5) is 5.82 Å². The van der Waals surface area contributed by atoms with Crippen molar-refractivity contribution in [3.63, 3.8) is 0 Å². The molecular weight excluding hydrogens is 350 g/mol. The minimum absolute atomic E-state index is 0.00691. The lowest BCUT2D eigenvalue weighted by Gasteiger charge is -2.25. The van der Waals surface area contributed by atoms with Crippen LogP contribution in [0.1, 0.15) is 33.1 Å². The van der Waals surface area contributed by atoms with Crippen molar-refractivity contribution in [2.24, 2.45) is 5.41 Å². The molecule has 0 unspecified atom stereocenters. The standard InChI is InChI=1S/C22H27N5O/c1-22(2,9-13-27-11-3-4-12-27)21(28)24-20-15-19(25-26-20)17-7-8-18-16(14-17)6-5-10-23-18/h5-8,10,14-15H,3-4,9,11-13H2,1-2H3,(H2,24,25,26,28). The molecule has 3 heterocycles. The number of fused-ring (bicyclic) bond motifs is 1. The van der Waals surface area contributed by atoms with Crippen LogP contribution in [-0.2, 0) is 4.79 Å². The number of carbonyl (C=O) groups excluding carboxylic acids is 1. The van der Waals surface area contributed by atoms with E-state index in [0.717, 1.165) is 48.2 Å². The molecule has 146 valence electrons. The van der Waals surface area contributed by atoms with Crippen LogP contribution in [0.5, 0.6) is 0 Å². The van der Waals surface area contributed by atoms with Gasteiger partial charge in [-0.05, 0) is 57.1 Å². The van der Waals surface area contributed by atoms with Crippen molar-refractivity contribution in [3.05, 3.63) is 42.6 Å². The van der Waals surface area contributed by atoms with E-state index in [2.05, 4.69) is 31.5 Å². The second-order valence-corrected chi connectivity index (χ2v) is 8.21. The predicted molar refractivity (Wildman–Crippen MR) is 112 cm³/mol. The zero-order chi connectivity index (χ0) is 19.6. The first-order valence-corrected chi connectivity index (χ1v) is 9.96. The van der Waals surface area contributed by atoms with Gasteiger partial charge in [-0.1, -0.05) is 26.0 Å². The first-order chi connectivity index (χ1) is 13.5. The van der Waals surface area contributed by atoms with Crippen LogP contribution in [-0.4, -0.2) is 45.6 Å². The molecule has 4 rings (SSSR count). The number of aromatic amines is 1. The maximum absolute atomic E-state index is 12.8. The van der Waals surface area contributed by atoms with Crippen LogP contribution in [0, 0.1) is 5.41 Å². The summed E-state index contributed by atoms with van der Waals surface area (Å²) in [5.41, 5.74) is 2.41. The van der Waals surface area contributed by atoms with Gasteiger partial charge in [-0.15, -0.1) is 0 Å². The molecule has 0 atom stereocenters. The van der Waals surface area contributed by atoms with Gasteiger partial charge in [0.2, 0.25) is 5.91 Å². The molecule has 1 amide bonds. The molecule has 2 aromatic heterocycles. The van der Waals surface area contributed by atoms with E-state index < -0.39 is 5.41 Å². The first kappa shape index (κ1) is 18.6. The van der Waals surface area contributed by atoms with E-state index >= 15 is 0 Å². The molecule has 28 heavy (non-hydrogen) atoms. The van der Waals surface area contributed by atoms with E-state index in [0.29, 0.717) is 5.82 Å². The zero-order valence-corrected chi connectivity index (χ0v) is 16.5. The highest BCUT2D eigenvalue weighted by molar-refractivity contribution is 5.94. The summed E-state index contributed by atoms with van der Waals surface area (Å²) < 4.78 is 0. The quantitative estimate of drug-likeness (QED) is 0.679. The Morgan fingerprint density at radius 1 is 1.21 bits per heavy atom. The normalized spacial score (nSPS) is 15.2. The summed E-state index contributed by atoms with van der Waals surface area (Å²) in [6.07, 6.45) is 5.17. The summed E-state index contributed by atoms with van der Waals surface area (Å²) >= 11 is 0. The predicted octanol–water partition coefficient (Wildman–Crippen LogP) is 4.08. The molecule has 1 aliphatic heterocycles. The number of amides is 1. The topological polar surface area (TPSA) is 73.9 Å². The van der Waals surface area contributed by atoms with Crippen LogP contribution in [0.25, 0.3) is 22.2 Å². The Morgan fingerprint density at radius 3 is 2.86 bits per heavy atom. The number of rotatable bonds is 6. The third-order valence-corrected chi connectivity index (χ3v) is 5.60. The van der Waals surface area contributed by atoms with Gasteiger partial charge in [0.1, 0.15) is 0 Å². The summed E-state index contributed by atoms with van der Waals surface area (Å²) in [5, 5.41) is 11.4. The molecule has 1 aromatic carbocycles. The number of carbonyl (C=O) groups is 1. The molecular formula is C22H27N5O. The Labute approximate surface area is 165 Å². The monoisotopic (exact) mass is 377 g/mol. The lowest BCUT2D eigenvalue weighted by molar-refractivity contribution is -0.124. The summed E-state index contributed by atoms with van der Waals surface area (Å²) in [6, 6.07) is 11.9. The number of benzene rings is 1. The number of likely N-dealkylation sites (tertiary alicyclic amines) is 1. The fourth-order valence-electron chi connectivity index (χ4n) is 3.62. The van der Waals surface area contributed by atoms with Crippen LogP contribution < -0.4 is 5.32 Å². The van der Waals surface area contributed by atoms with Gasteiger partial charge in [0.25, 0.3) is 0 Å². The second-order valence-electron chi connectivity index (χ2n) is 8.21. The fourth-order valence-corrected chi connectivity index (χ4v) is 3.62. The largest absolute Gasteiger partial charge is 0.309 e. The van der Waals surface area contributed by atoms with Crippen molar-refractivity contribution in [2.45, 2.75) is 33.1 Å². The van der Waals surface area contributed by atoms with E-state index in [-0.39, 0.29) is 5.91 Å². The number of nitrogens with zero attached hydrogens (tertiary/aromatic N) is 3. The molecule has 2 N–H and O–H groups in total. The van der Waals surface area contributed by atoms with Crippen LogP contribution in [0.2, 0.25) is 0 Å². The molecule has 0 bridgehead atoms. The summed E-state index contributed by atoms with van der Waals surface area (Å²) in [6.45, 7) is 7.28. The molecule has 1 aliphatic rings. The van der Waals surface area contributed by atoms with Gasteiger partial charge in [-0.3, -0.25) is 14.9 Å².